The van der Waals surface area contributed by atoms with Gasteiger partial charge in [0.2, 0.25) is 5.88 Å². The summed E-state index contributed by atoms with van der Waals surface area (Å²) in [5.41, 5.74) is 4.72. The highest BCUT2D eigenvalue weighted by molar-refractivity contribution is 6.04. The summed E-state index contributed by atoms with van der Waals surface area (Å²) in [4.78, 5) is 53.2. The molecular formula is C28H26N4O5. The van der Waals surface area contributed by atoms with E-state index in [1.54, 1.807) is 18.2 Å². The summed E-state index contributed by atoms with van der Waals surface area (Å²) >= 11 is 0. The summed E-state index contributed by atoms with van der Waals surface area (Å²) in [6, 6.07) is 14.8. The summed E-state index contributed by atoms with van der Waals surface area (Å²) in [5.74, 6) is -0.351. The summed E-state index contributed by atoms with van der Waals surface area (Å²) in [6.07, 6.45) is 1.94. The van der Waals surface area contributed by atoms with E-state index in [0.29, 0.717) is 23.2 Å². The number of nitrogens with one attached hydrogen (secondary N) is 1. The standard InChI is InChI=1S/C28H26N4O5/c1-16-19(8-6-10-21(16)24-13-12-18(15-33)26(30-24)37-5)20-9-7-11-23(17(20)2)29-25(34)22-14-31(3)28(36)32(4)27(22)35/h6-15H,1-5H3,(H,29,34). The Balaban J connectivity index is 1.74. The SMILES string of the molecule is COc1nc(-c2cccc(-c3cccc(NC(=O)c4cn(C)c(=O)n(C)c4=O)c3C)c2C)ccc1C=O. The van der Waals surface area contributed by atoms with E-state index < -0.39 is 17.2 Å². The van der Waals surface area contributed by atoms with Crippen molar-refractivity contribution in [1.29, 1.82) is 0 Å². The van der Waals surface area contributed by atoms with Crippen molar-refractivity contribution in [3.63, 3.8) is 0 Å². The van der Waals surface area contributed by atoms with E-state index in [2.05, 4.69) is 10.3 Å². The number of methoxy groups -OCH3 is 1. The van der Waals surface area contributed by atoms with E-state index in [-0.39, 0.29) is 11.4 Å². The van der Waals surface area contributed by atoms with Crippen molar-refractivity contribution in [3.05, 3.63) is 97.8 Å². The lowest BCUT2D eigenvalue weighted by atomic mass is 9.91. The van der Waals surface area contributed by atoms with Crippen LogP contribution in [0.3, 0.4) is 0 Å². The van der Waals surface area contributed by atoms with Gasteiger partial charge in [-0.3, -0.25) is 19.0 Å². The fourth-order valence-corrected chi connectivity index (χ4v) is 4.28. The lowest BCUT2D eigenvalue weighted by Gasteiger charge is -2.17. The number of nitrogens with zero attached hydrogens (tertiary/aromatic N) is 3. The molecule has 0 bridgehead atoms. The van der Waals surface area contributed by atoms with Crippen molar-refractivity contribution in [2.24, 2.45) is 14.1 Å². The molecule has 0 radical (unpaired) electrons. The second-order valence-electron chi connectivity index (χ2n) is 8.62. The van der Waals surface area contributed by atoms with E-state index in [0.717, 1.165) is 32.4 Å². The number of rotatable bonds is 6. The van der Waals surface area contributed by atoms with Crippen molar-refractivity contribution in [2.45, 2.75) is 13.8 Å². The number of benzene rings is 2. The van der Waals surface area contributed by atoms with Gasteiger partial charge in [-0.25, -0.2) is 9.78 Å². The first-order valence-electron chi connectivity index (χ1n) is 11.5. The van der Waals surface area contributed by atoms with Crippen molar-refractivity contribution >= 4 is 17.9 Å². The Morgan fingerprint density at radius 3 is 2.27 bits per heavy atom. The van der Waals surface area contributed by atoms with Crippen molar-refractivity contribution < 1.29 is 14.3 Å². The maximum atomic E-state index is 13.0. The maximum absolute atomic E-state index is 13.0. The molecule has 0 spiro atoms. The molecule has 2 heterocycles. The second kappa shape index (κ2) is 10.1. The molecule has 0 fully saturated rings. The quantitative estimate of drug-likeness (QED) is 0.407. The van der Waals surface area contributed by atoms with Crippen LogP contribution in [-0.2, 0) is 14.1 Å². The molecule has 9 heteroatoms. The van der Waals surface area contributed by atoms with Crippen LogP contribution in [0, 0.1) is 13.8 Å². The van der Waals surface area contributed by atoms with Crippen LogP contribution in [0.4, 0.5) is 5.69 Å². The summed E-state index contributed by atoms with van der Waals surface area (Å²) < 4.78 is 7.36. The fourth-order valence-electron chi connectivity index (χ4n) is 4.28. The zero-order chi connectivity index (χ0) is 26.9. The number of amides is 1. The highest BCUT2D eigenvalue weighted by Crippen LogP contribution is 2.35. The molecule has 0 aliphatic rings. The van der Waals surface area contributed by atoms with Gasteiger partial charge in [-0.2, -0.15) is 0 Å². The third kappa shape index (κ3) is 4.58. The van der Waals surface area contributed by atoms with Gasteiger partial charge in [-0.15, -0.1) is 0 Å². The van der Waals surface area contributed by atoms with Crippen LogP contribution in [0.5, 0.6) is 5.88 Å². The molecule has 0 aliphatic carbocycles. The Kier molecular flexibility index (Phi) is 6.88. The van der Waals surface area contributed by atoms with Gasteiger partial charge >= 0.3 is 5.69 Å². The van der Waals surface area contributed by atoms with Crippen LogP contribution in [0.1, 0.15) is 31.8 Å². The van der Waals surface area contributed by atoms with Gasteiger partial charge in [0.25, 0.3) is 11.5 Å². The van der Waals surface area contributed by atoms with Crippen LogP contribution in [-0.4, -0.2) is 33.4 Å². The van der Waals surface area contributed by atoms with Gasteiger partial charge < -0.3 is 14.6 Å². The van der Waals surface area contributed by atoms with Crippen LogP contribution in [0.2, 0.25) is 0 Å². The molecular weight excluding hydrogens is 472 g/mol. The average Bonchev–Trinajstić information content (AvgIpc) is 2.90. The average molecular weight is 499 g/mol. The van der Waals surface area contributed by atoms with Crippen LogP contribution < -0.4 is 21.3 Å². The highest BCUT2D eigenvalue weighted by atomic mass is 16.5. The van der Waals surface area contributed by atoms with Gasteiger partial charge in [0.15, 0.2) is 6.29 Å². The minimum atomic E-state index is -0.665. The molecule has 0 unspecified atom stereocenters. The molecule has 2 aromatic heterocycles. The van der Waals surface area contributed by atoms with E-state index in [1.807, 2.05) is 44.2 Å². The zero-order valence-electron chi connectivity index (χ0n) is 21.2. The summed E-state index contributed by atoms with van der Waals surface area (Å²) in [6.45, 7) is 3.86. The number of carbonyl (C=O) groups excluding carboxylic acids is 2. The monoisotopic (exact) mass is 498 g/mol. The van der Waals surface area contributed by atoms with Gasteiger partial charge in [0.05, 0.1) is 18.4 Å². The molecule has 0 atom stereocenters. The number of pyridine rings is 1. The van der Waals surface area contributed by atoms with Gasteiger partial charge in [0, 0.05) is 31.5 Å². The molecule has 1 amide bonds. The lowest BCUT2D eigenvalue weighted by molar-refractivity contribution is 0.102. The Morgan fingerprint density at radius 2 is 1.59 bits per heavy atom. The van der Waals surface area contributed by atoms with Crippen LogP contribution in [0.15, 0.2) is 64.3 Å². The van der Waals surface area contributed by atoms with E-state index >= 15 is 0 Å². The van der Waals surface area contributed by atoms with Crippen molar-refractivity contribution in [1.82, 2.24) is 14.1 Å². The van der Waals surface area contributed by atoms with Crippen molar-refractivity contribution in [3.8, 4) is 28.3 Å². The Morgan fingerprint density at radius 1 is 0.946 bits per heavy atom. The predicted octanol–water partition coefficient (Wildman–Crippen LogP) is 3.50. The fraction of sp³-hybridized carbons (Fsp3) is 0.179. The molecule has 1 N–H and O–H groups in total. The molecule has 4 rings (SSSR count). The maximum Gasteiger partial charge on any atom is 0.330 e. The molecule has 4 aromatic rings. The van der Waals surface area contributed by atoms with E-state index in [1.165, 1.54) is 32.0 Å². The highest BCUT2D eigenvalue weighted by Gasteiger charge is 2.18. The molecule has 2 aromatic carbocycles. The second-order valence-corrected chi connectivity index (χ2v) is 8.62. The third-order valence-electron chi connectivity index (χ3n) is 6.38. The largest absolute Gasteiger partial charge is 0.480 e. The number of anilines is 1. The van der Waals surface area contributed by atoms with E-state index in [9.17, 15) is 19.2 Å². The van der Waals surface area contributed by atoms with Crippen molar-refractivity contribution in [2.75, 3.05) is 12.4 Å². The first kappa shape index (κ1) is 25.3. The normalized spacial score (nSPS) is 10.7. The number of aryl methyl sites for hydroxylation is 1. The topological polar surface area (TPSA) is 112 Å². The summed E-state index contributed by atoms with van der Waals surface area (Å²) in [7, 11) is 4.29. The Labute approximate surface area is 213 Å². The predicted molar refractivity (Wildman–Crippen MR) is 141 cm³/mol. The first-order valence-corrected chi connectivity index (χ1v) is 11.5. The van der Waals surface area contributed by atoms with Crippen LogP contribution in [0.25, 0.3) is 22.4 Å². The molecule has 0 saturated heterocycles. The molecule has 9 nitrogen and oxygen atoms in total. The minimum Gasteiger partial charge on any atom is -0.480 e. The molecule has 0 saturated carbocycles. The van der Waals surface area contributed by atoms with E-state index in [4.69, 9.17) is 4.74 Å². The zero-order valence-corrected chi connectivity index (χ0v) is 21.2. The van der Waals surface area contributed by atoms with Gasteiger partial charge in [-0.05, 0) is 54.3 Å². The third-order valence-corrected chi connectivity index (χ3v) is 6.38. The summed E-state index contributed by atoms with van der Waals surface area (Å²) in [5, 5.41) is 2.82. The Hall–Kier alpha value is -4.79. The van der Waals surface area contributed by atoms with Gasteiger partial charge in [-0.1, -0.05) is 30.3 Å². The number of hydrogen-bond donors (Lipinski definition) is 1. The number of aldehydes is 1. The Bertz CT molecular complexity index is 1670. The number of ether oxygens (including phenoxy) is 1. The first-order chi connectivity index (χ1) is 17.7. The number of hydrogen-bond acceptors (Lipinski definition) is 6. The molecule has 37 heavy (non-hydrogen) atoms. The smallest absolute Gasteiger partial charge is 0.330 e. The molecule has 0 aliphatic heterocycles. The molecule has 188 valence electrons. The lowest BCUT2D eigenvalue weighted by Crippen LogP contribution is -2.40. The van der Waals surface area contributed by atoms with Gasteiger partial charge in [0.1, 0.15) is 5.56 Å². The minimum absolute atomic E-state index is 0.133. The van der Waals surface area contributed by atoms with Crippen LogP contribution >= 0.6 is 0 Å². The number of carbonyl (C=O) groups is 2. The number of aromatic nitrogens is 3.